The molecular weight excluding hydrogens is 448 g/mol. The second kappa shape index (κ2) is 9.23. The van der Waals surface area contributed by atoms with Crippen LogP contribution in [0, 0.1) is 0 Å². The first-order chi connectivity index (χ1) is 16.2. The Morgan fingerprint density at radius 1 is 0.618 bits per heavy atom. The molecule has 0 aromatic heterocycles. The van der Waals surface area contributed by atoms with Crippen LogP contribution in [0.2, 0.25) is 0 Å². The highest BCUT2D eigenvalue weighted by Gasteiger charge is 2.23. The van der Waals surface area contributed by atoms with E-state index in [4.69, 9.17) is 9.47 Å². The van der Waals surface area contributed by atoms with E-state index < -0.39 is 9.84 Å². The Bertz CT molecular complexity index is 1360. The zero-order chi connectivity index (χ0) is 24.3. The molecule has 174 valence electrons. The molecule has 0 bridgehead atoms. The summed E-state index contributed by atoms with van der Waals surface area (Å²) in [4.78, 5) is 0.393. The Kier molecular flexibility index (Phi) is 6.35. The van der Waals surface area contributed by atoms with Crippen molar-refractivity contribution in [2.24, 2.45) is 0 Å². The van der Waals surface area contributed by atoms with Crippen molar-refractivity contribution < 1.29 is 23.0 Å². The number of ether oxygens (including phenoxy) is 2. The number of rotatable bonds is 7. The van der Waals surface area contributed by atoms with E-state index in [1.54, 1.807) is 36.4 Å². The van der Waals surface area contributed by atoms with Crippen LogP contribution >= 0.6 is 0 Å². The molecular formula is C28H26O5S. The number of hydrogen-bond donors (Lipinski definition) is 1. The highest BCUT2D eigenvalue weighted by Crippen LogP contribution is 2.34. The molecule has 0 spiro atoms. The molecule has 0 amide bonds. The van der Waals surface area contributed by atoms with Crippen molar-refractivity contribution in [1.82, 2.24) is 0 Å². The number of benzene rings is 4. The number of aromatic hydroxyl groups is 1. The van der Waals surface area contributed by atoms with Gasteiger partial charge in [0.2, 0.25) is 9.84 Å². The van der Waals surface area contributed by atoms with Crippen molar-refractivity contribution in [3.63, 3.8) is 0 Å². The summed E-state index contributed by atoms with van der Waals surface area (Å²) in [6.45, 7) is 4.24. The number of methoxy groups -OCH3 is 1. The summed E-state index contributed by atoms with van der Waals surface area (Å²) in [5.74, 6) is 2.03. The molecule has 0 unspecified atom stereocenters. The van der Waals surface area contributed by atoms with Crippen LogP contribution < -0.4 is 9.47 Å². The lowest BCUT2D eigenvalue weighted by Crippen LogP contribution is -2.18. The maximum atomic E-state index is 12.9. The van der Waals surface area contributed by atoms with E-state index in [0.29, 0.717) is 17.2 Å². The summed E-state index contributed by atoms with van der Waals surface area (Å²) in [5, 5.41) is 9.55. The average Bonchev–Trinajstić information content (AvgIpc) is 2.85. The van der Waals surface area contributed by atoms with Gasteiger partial charge in [0.1, 0.15) is 23.0 Å². The van der Waals surface area contributed by atoms with Crippen LogP contribution in [0.4, 0.5) is 0 Å². The number of phenolic OH excluding ortho intramolecular Hbond substituents is 1. The van der Waals surface area contributed by atoms with E-state index in [2.05, 4.69) is 13.8 Å². The monoisotopic (exact) mass is 474 g/mol. The molecule has 1 N–H and O–H groups in total. The molecule has 0 heterocycles. The van der Waals surface area contributed by atoms with E-state index in [1.807, 2.05) is 36.4 Å². The third-order valence-electron chi connectivity index (χ3n) is 5.90. The first kappa shape index (κ1) is 23.4. The lowest BCUT2D eigenvalue weighted by atomic mass is 9.78. The van der Waals surface area contributed by atoms with Crippen LogP contribution in [0.5, 0.6) is 23.0 Å². The minimum Gasteiger partial charge on any atom is -0.508 e. The molecule has 4 aromatic rings. The molecule has 6 heteroatoms. The Morgan fingerprint density at radius 2 is 1.00 bits per heavy atom. The third-order valence-corrected chi connectivity index (χ3v) is 7.69. The van der Waals surface area contributed by atoms with Gasteiger partial charge in [-0.3, -0.25) is 0 Å². The van der Waals surface area contributed by atoms with Gasteiger partial charge in [-0.25, -0.2) is 8.42 Å². The van der Waals surface area contributed by atoms with Gasteiger partial charge in [0, 0.05) is 5.41 Å². The predicted molar refractivity (Wildman–Crippen MR) is 132 cm³/mol. The fourth-order valence-electron chi connectivity index (χ4n) is 3.70. The molecule has 0 saturated heterocycles. The predicted octanol–water partition coefficient (Wildman–Crippen LogP) is 6.35. The Labute approximate surface area is 200 Å². The van der Waals surface area contributed by atoms with Gasteiger partial charge in [-0.2, -0.15) is 0 Å². The highest BCUT2D eigenvalue weighted by atomic mass is 32.2. The maximum Gasteiger partial charge on any atom is 0.206 e. The lowest BCUT2D eigenvalue weighted by molar-refractivity contribution is 0.414. The smallest absolute Gasteiger partial charge is 0.206 e. The van der Waals surface area contributed by atoms with Gasteiger partial charge in [0.25, 0.3) is 0 Å². The van der Waals surface area contributed by atoms with Crippen molar-refractivity contribution in [3.05, 3.63) is 108 Å². The second-order valence-electron chi connectivity index (χ2n) is 8.45. The van der Waals surface area contributed by atoms with Gasteiger partial charge in [-0.05, 0) is 83.9 Å². The van der Waals surface area contributed by atoms with Crippen molar-refractivity contribution in [2.45, 2.75) is 29.1 Å². The normalized spacial score (nSPS) is 11.7. The molecule has 4 aromatic carbocycles. The highest BCUT2D eigenvalue weighted by molar-refractivity contribution is 7.91. The summed E-state index contributed by atoms with van der Waals surface area (Å²) >= 11 is 0. The average molecular weight is 475 g/mol. The minimum absolute atomic E-state index is 0.191. The number of sulfone groups is 1. The molecule has 0 aliphatic rings. The van der Waals surface area contributed by atoms with Crippen LogP contribution in [-0.2, 0) is 15.3 Å². The summed E-state index contributed by atoms with van der Waals surface area (Å²) in [7, 11) is -2.10. The van der Waals surface area contributed by atoms with Crippen LogP contribution in [0.1, 0.15) is 25.0 Å². The molecule has 34 heavy (non-hydrogen) atoms. The number of phenols is 1. The van der Waals surface area contributed by atoms with Gasteiger partial charge in [-0.1, -0.05) is 38.1 Å². The van der Waals surface area contributed by atoms with Gasteiger partial charge in [0.05, 0.1) is 16.9 Å². The van der Waals surface area contributed by atoms with Crippen molar-refractivity contribution in [3.8, 4) is 23.0 Å². The van der Waals surface area contributed by atoms with Gasteiger partial charge in [-0.15, -0.1) is 0 Å². The molecule has 4 rings (SSSR count). The summed E-state index contributed by atoms with van der Waals surface area (Å²) in [6, 6.07) is 27.7. The van der Waals surface area contributed by atoms with Crippen LogP contribution in [0.15, 0.2) is 107 Å². The molecule has 0 aliphatic carbocycles. The molecule has 0 aliphatic heterocycles. The Balaban J connectivity index is 1.48. The summed E-state index contributed by atoms with van der Waals surface area (Å²) in [6.07, 6.45) is 0. The largest absolute Gasteiger partial charge is 0.508 e. The van der Waals surface area contributed by atoms with Crippen molar-refractivity contribution in [2.75, 3.05) is 7.11 Å². The molecule has 0 saturated carbocycles. The van der Waals surface area contributed by atoms with Crippen molar-refractivity contribution in [1.29, 1.82) is 0 Å². The quantitative estimate of drug-likeness (QED) is 0.338. The zero-order valence-electron chi connectivity index (χ0n) is 19.2. The zero-order valence-corrected chi connectivity index (χ0v) is 20.0. The Hall–Kier alpha value is -3.77. The fraction of sp³-hybridized carbons (Fsp3) is 0.143. The second-order valence-corrected chi connectivity index (χ2v) is 10.4. The molecule has 0 atom stereocenters. The van der Waals surface area contributed by atoms with E-state index in [0.717, 1.165) is 11.1 Å². The van der Waals surface area contributed by atoms with E-state index in [9.17, 15) is 13.5 Å². The van der Waals surface area contributed by atoms with Gasteiger partial charge in [0.15, 0.2) is 0 Å². The molecule has 0 radical (unpaired) electrons. The lowest BCUT2D eigenvalue weighted by Gasteiger charge is -2.26. The third kappa shape index (κ3) is 4.77. The van der Waals surface area contributed by atoms with Crippen LogP contribution in [0.25, 0.3) is 0 Å². The van der Waals surface area contributed by atoms with E-state index >= 15 is 0 Å². The SMILES string of the molecule is COc1ccc(S(=O)(=O)c2ccc(Oc3ccc(C(C)(C)c4ccc(O)cc4)cc3)cc2)cc1. The standard InChI is InChI=1S/C28H26O5S/c1-28(2,20-4-8-22(29)9-5-20)21-6-10-24(11-7-21)33-25-14-18-27(19-15-25)34(30,31)26-16-12-23(32-3)13-17-26/h4-19,29H,1-3H3. The molecule has 5 nitrogen and oxygen atoms in total. The first-order valence-electron chi connectivity index (χ1n) is 10.8. The topological polar surface area (TPSA) is 72.8 Å². The summed E-state index contributed by atoms with van der Waals surface area (Å²) < 4.78 is 36.8. The minimum atomic E-state index is -3.63. The summed E-state index contributed by atoms with van der Waals surface area (Å²) in [5.41, 5.74) is 1.95. The van der Waals surface area contributed by atoms with Crippen LogP contribution in [0.3, 0.4) is 0 Å². The van der Waals surface area contributed by atoms with Crippen LogP contribution in [-0.4, -0.2) is 20.6 Å². The Morgan fingerprint density at radius 3 is 1.44 bits per heavy atom. The fourth-order valence-corrected chi connectivity index (χ4v) is 4.96. The van der Waals surface area contributed by atoms with E-state index in [1.165, 1.54) is 31.4 Å². The molecule has 0 fully saturated rings. The van der Waals surface area contributed by atoms with Gasteiger partial charge < -0.3 is 14.6 Å². The van der Waals surface area contributed by atoms with Gasteiger partial charge >= 0.3 is 0 Å². The first-order valence-corrected chi connectivity index (χ1v) is 12.3. The maximum absolute atomic E-state index is 12.9. The van der Waals surface area contributed by atoms with E-state index in [-0.39, 0.29) is 21.0 Å². The number of hydrogen-bond acceptors (Lipinski definition) is 5. The van der Waals surface area contributed by atoms with Crippen molar-refractivity contribution >= 4 is 9.84 Å².